The molecule has 5 heteroatoms. The maximum absolute atomic E-state index is 9.32. The fraction of sp³-hybridized carbons (Fsp3) is 0.500. The third-order valence-corrected chi connectivity index (χ3v) is 4.77. The zero-order valence-corrected chi connectivity index (χ0v) is 15.5. The second-order valence-electron chi connectivity index (χ2n) is 7.31. The summed E-state index contributed by atoms with van der Waals surface area (Å²) in [5.74, 6) is 1.86. The van der Waals surface area contributed by atoms with Gasteiger partial charge in [-0.2, -0.15) is 4.98 Å². The SMILES string of the molecule is CC(C)c1cc(N2Cc3ccccc3C[C@@H]2C)nc(N[C@H](C)CO)n1. The standard InChI is InChI=1S/C20H28N4O/c1-13(2)18-10-19(23-20(22-18)21-14(3)12-25)24-11-17-8-6-5-7-16(17)9-15(24)4/h5-8,10,13-15,25H,9,11-12H2,1-4H3,(H,21,22,23)/t14-,15+/m1/s1. The van der Waals surface area contributed by atoms with Crippen LogP contribution in [0.15, 0.2) is 30.3 Å². The molecule has 0 spiro atoms. The number of aliphatic hydroxyl groups is 1. The van der Waals surface area contributed by atoms with Crippen LogP contribution in [0.4, 0.5) is 11.8 Å². The molecule has 0 fully saturated rings. The van der Waals surface area contributed by atoms with Gasteiger partial charge in [-0.3, -0.25) is 0 Å². The van der Waals surface area contributed by atoms with E-state index in [0.717, 1.165) is 24.5 Å². The van der Waals surface area contributed by atoms with Crippen molar-refractivity contribution in [2.24, 2.45) is 0 Å². The molecule has 0 saturated carbocycles. The van der Waals surface area contributed by atoms with Crippen molar-refractivity contribution in [1.82, 2.24) is 9.97 Å². The summed E-state index contributed by atoms with van der Waals surface area (Å²) in [6.45, 7) is 9.36. The van der Waals surface area contributed by atoms with E-state index in [0.29, 0.717) is 17.9 Å². The molecule has 2 aromatic rings. The molecule has 2 N–H and O–H groups in total. The molecule has 1 aliphatic rings. The predicted molar refractivity (Wildman–Crippen MR) is 102 cm³/mol. The Hall–Kier alpha value is -2.14. The topological polar surface area (TPSA) is 61.3 Å². The molecule has 1 aromatic carbocycles. The molecule has 0 amide bonds. The summed E-state index contributed by atoms with van der Waals surface area (Å²) in [6.07, 6.45) is 1.02. The Labute approximate surface area is 150 Å². The lowest BCUT2D eigenvalue weighted by atomic mass is 9.95. The van der Waals surface area contributed by atoms with Crippen molar-refractivity contribution in [1.29, 1.82) is 0 Å². The summed E-state index contributed by atoms with van der Waals surface area (Å²) in [5.41, 5.74) is 3.81. The first-order valence-corrected chi connectivity index (χ1v) is 9.07. The number of rotatable bonds is 5. The fourth-order valence-corrected chi connectivity index (χ4v) is 3.21. The largest absolute Gasteiger partial charge is 0.394 e. The molecule has 0 radical (unpaired) electrons. The average molecular weight is 340 g/mol. The Bertz CT molecular complexity index is 731. The summed E-state index contributed by atoms with van der Waals surface area (Å²) in [7, 11) is 0. The van der Waals surface area contributed by atoms with Crippen LogP contribution in [0.3, 0.4) is 0 Å². The number of aliphatic hydroxyl groups excluding tert-OH is 1. The van der Waals surface area contributed by atoms with Crippen LogP contribution in [0.5, 0.6) is 0 Å². The first-order valence-electron chi connectivity index (χ1n) is 9.07. The van der Waals surface area contributed by atoms with Crippen LogP contribution in [-0.4, -0.2) is 33.8 Å². The van der Waals surface area contributed by atoms with Crippen LogP contribution in [0.2, 0.25) is 0 Å². The van der Waals surface area contributed by atoms with Crippen LogP contribution in [0, 0.1) is 0 Å². The molecule has 2 atom stereocenters. The minimum Gasteiger partial charge on any atom is -0.394 e. The van der Waals surface area contributed by atoms with Gasteiger partial charge in [-0.05, 0) is 37.3 Å². The van der Waals surface area contributed by atoms with Crippen LogP contribution >= 0.6 is 0 Å². The Morgan fingerprint density at radius 1 is 1.20 bits per heavy atom. The zero-order chi connectivity index (χ0) is 18.0. The van der Waals surface area contributed by atoms with Gasteiger partial charge in [0.15, 0.2) is 0 Å². The van der Waals surface area contributed by atoms with Gasteiger partial charge in [-0.25, -0.2) is 4.98 Å². The molecule has 0 unspecified atom stereocenters. The van der Waals surface area contributed by atoms with E-state index in [1.54, 1.807) is 0 Å². The number of anilines is 2. The quantitative estimate of drug-likeness (QED) is 0.874. The van der Waals surface area contributed by atoms with Crippen LogP contribution in [-0.2, 0) is 13.0 Å². The lowest BCUT2D eigenvalue weighted by Crippen LogP contribution is -2.39. The molecule has 1 aliphatic heterocycles. The highest BCUT2D eigenvalue weighted by atomic mass is 16.3. The average Bonchev–Trinajstić information content (AvgIpc) is 2.60. The molecule has 0 saturated heterocycles. The Morgan fingerprint density at radius 3 is 2.60 bits per heavy atom. The van der Waals surface area contributed by atoms with E-state index in [1.807, 2.05) is 6.92 Å². The van der Waals surface area contributed by atoms with Gasteiger partial charge >= 0.3 is 0 Å². The lowest BCUT2D eigenvalue weighted by Gasteiger charge is -2.36. The first kappa shape index (κ1) is 17.7. The van der Waals surface area contributed by atoms with Crippen molar-refractivity contribution in [3.8, 4) is 0 Å². The second kappa shape index (κ2) is 7.40. The van der Waals surface area contributed by atoms with E-state index in [-0.39, 0.29) is 12.6 Å². The van der Waals surface area contributed by atoms with Crippen molar-refractivity contribution in [3.63, 3.8) is 0 Å². The van der Waals surface area contributed by atoms with E-state index in [4.69, 9.17) is 4.98 Å². The normalized spacial score (nSPS) is 18.2. The summed E-state index contributed by atoms with van der Waals surface area (Å²) < 4.78 is 0. The molecule has 5 nitrogen and oxygen atoms in total. The van der Waals surface area contributed by atoms with E-state index in [9.17, 15) is 5.11 Å². The van der Waals surface area contributed by atoms with Crippen LogP contribution < -0.4 is 10.2 Å². The first-order chi connectivity index (χ1) is 12.0. The third kappa shape index (κ3) is 3.93. The number of benzene rings is 1. The van der Waals surface area contributed by atoms with Gasteiger partial charge in [-0.1, -0.05) is 38.1 Å². The molecule has 134 valence electrons. The zero-order valence-electron chi connectivity index (χ0n) is 15.5. The lowest BCUT2D eigenvalue weighted by molar-refractivity contribution is 0.281. The van der Waals surface area contributed by atoms with E-state index in [1.165, 1.54) is 11.1 Å². The molecule has 3 rings (SSSR count). The van der Waals surface area contributed by atoms with Gasteiger partial charge in [0.25, 0.3) is 0 Å². The van der Waals surface area contributed by atoms with Gasteiger partial charge in [0, 0.05) is 24.7 Å². The van der Waals surface area contributed by atoms with E-state index in [2.05, 4.69) is 66.3 Å². The Kier molecular flexibility index (Phi) is 5.23. The summed E-state index contributed by atoms with van der Waals surface area (Å²) >= 11 is 0. The Morgan fingerprint density at radius 2 is 1.92 bits per heavy atom. The number of nitrogens with one attached hydrogen (secondary N) is 1. The van der Waals surface area contributed by atoms with Crippen molar-refractivity contribution in [3.05, 3.63) is 47.2 Å². The maximum atomic E-state index is 9.32. The summed E-state index contributed by atoms with van der Waals surface area (Å²) in [5, 5.41) is 12.5. The van der Waals surface area contributed by atoms with Gasteiger partial charge in [0.1, 0.15) is 5.82 Å². The van der Waals surface area contributed by atoms with Gasteiger partial charge in [0.05, 0.1) is 12.3 Å². The second-order valence-corrected chi connectivity index (χ2v) is 7.31. The smallest absolute Gasteiger partial charge is 0.225 e. The van der Waals surface area contributed by atoms with E-state index < -0.39 is 0 Å². The third-order valence-electron chi connectivity index (χ3n) is 4.77. The minimum atomic E-state index is -0.0743. The van der Waals surface area contributed by atoms with Gasteiger partial charge in [0.2, 0.25) is 5.95 Å². The summed E-state index contributed by atoms with van der Waals surface area (Å²) in [4.78, 5) is 11.7. The summed E-state index contributed by atoms with van der Waals surface area (Å²) in [6, 6.07) is 11.0. The number of hydrogen-bond donors (Lipinski definition) is 2. The van der Waals surface area contributed by atoms with Crippen molar-refractivity contribution < 1.29 is 5.11 Å². The Balaban J connectivity index is 1.95. The fourth-order valence-electron chi connectivity index (χ4n) is 3.21. The molecule has 1 aromatic heterocycles. The number of fused-ring (bicyclic) bond motifs is 1. The van der Waals surface area contributed by atoms with Gasteiger partial charge in [-0.15, -0.1) is 0 Å². The molecular formula is C20H28N4O. The predicted octanol–water partition coefficient (Wildman–Crippen LogP) is 3.34. The highest BCUT2D eigenvalue weighted by molar-refractivity contribution is 5.50. The van der Waals surface area contributed by atoms with Crippen LogP contribution in [0.1, 0.15) is 50.4 Å². The molecule has 25 heavy (non-hydrogen) atoms. The van der Waals surface area contributed by atoms with Gasteiger partial charge < -0.3 is 15.3 Å². The molecule has 0 bridgehead atoms. The highest BCUT2D eigenvalue weighted by Gasteiger charge is 2.25. The highest BCUT2D eigenvalue weighted by Crippen LogP contribution is 2.29. The molecule has 0 aliphatic carbocycles. The number of hydrogen-bond acceptors (Lipinski definition) is 5. The molecule has 2 heterocycles. The number of nitrogens with zero attached hydrogens (tertiary/aromatic N) is 3. The monoisotopic (exact) mass is 340 g/mol. The van der Waals surface area contributed by atoms with Crippen LogP contribution in [0.25, 0.3) is 0 Å². The van der Waals surface area contributed by atoms with Crippen molar-refractivity contribution >= 4 is 11.8 Å². The van der Waals surface area contributed by atoms with Crippen molar-refractivity contribution in [2.75, 3.05) is 16.8 Å². The molecular weight excluding hydrogens is 312 g/mol. The van der Waals surface area contributed by atoms with E-state index >= 15 is 0 Å². The van der Waals surface area contributed by atoms with Crippen molar-refractivity contribution in [2.45, 2.75) is 58.7 Å². The maximum Gasteiger partial charge on any atom is 0.225 e. The number of aromatic nitrogens is 2. The minimum absolute atomic E-state index is 0.0537.